The van der Waals surface area contributed by atoms with Crippen molar-refractivity contribution >= 4 is 11.8 Å². The lowest BCUT2D eigenvalue weighted by molar-refractivity contribution is -0.135. The third kappa shape index (κ3) is 1.41. The topological polar surface area (TPSA) is 43.4 Å². The summed E-state index contributed by atoms with van der Waals surface area (Å²) < 4.78 is 5.06. The van der Waals surface area contributed by atoms with Gasteiger partial charge in [-0.3, -0.25) is 9.59 Å². The summed E-state index contributed by atoms with van der Waals surface area (Å²) in [5, 5.41) is 0. The monoisotopic (exact) mass is 190 g/mol. The average molecular weight is 190 g/mol. The number of carbonyl (C=O) groups excluding carboxylic acids is 2. The molecule has 3 nitrogen and oxygen atoms in total. The Balaban J connectivity index is 2.54. The molecule has 3 heteroatoms. The molecule has 1 aliphatic heterocycles. The van der Waals surface area contributed by atoms with Gasteiger partial charge < -0.3 is 4.74 Å². The molecule has 0 aromatic heterocycles. The highest BCUT2D eigenvalue weighted by Gasteiger charge is 2.21. The molecule has 0 radical (unpaired) electrons. The van der Waals surface area contributed by atoms with E-state index in [0.717, 1.165) is 5.56 Å². The molecule has 0 aliphatic carbocycles. The second kappa shape index (κ2) is 3.25. The summed E-state index contributed by atoms with van der Waals surface area (Å²) in [6, 6.07) is 5.38. The molecule has 1 heterocycles. The summed E-state index contributed by atoms with van der Waals surface area (Å²) >= 11 is 0. The fourth-order valence-corrected chi connectivity index (χ4v) is 1.58. The molecular formula is C11H10O3. The first kappa shape index (κ1) is 8.94. The number of benzene rings is 1. The maximum atomic E-state index is 11.2. The van der Waals surface area contributed by atoms with Crippen molar-refractivity contribution in [3.8, 4) is 5.75 Å². The highest BCUT2D eigenvalue weighted by atomic mass is 16.5. The number of aryl methyl sites for hydroxylation is 1. The van der Waals surface area contributed by atoms with E-state index in [1.54, 1.807) is 6.07 Å². The van der Waals surface area contributed by atoms with Crippen LogP contribution in [0.4, 0.5) is 0 Å². The molecule has 0 amide bonds. The number of esters is 1. The maximum absolute atomic E-state index is 11.2. The molecule has 1 aromatic carbocycles. The number of Topliss-reactive ketones (excluding diaryl/α,β-unsaturated/α-hetero) is 1. The minimum Gasteiger partial charge on any atom is -0.425 e. The van der Waals surface area contributed by atoms with Gasteiger partial charge in [-0.1, -0.05) is 12.1 Å². The summed E-state index contributed by atoms with van der Waals surface area (Å²) in [6.07, 6.45) is 1.06. The van der Waals surface area contributed by atoms with Crippen LogP contribution in [0, 0.1) is 0 Å². The van der Waals surface area contributed by atoms with E-state index in [4.69, 9.17) is 4.74 Å². The Labute approximate surface area is 81.7 Å². The number of fused-ring (bicyclic) bond motifs is 1. The maximum Gasteiger partial charge on any atom is 0.311 e. The van der Waals surface area contributed by atoms with E-state index in [0.29, 0.717) is 24.2 Å². The van der Waals surface area contributed by atoms with Gasteiger partial charge in [0.25, 0.3) is 0 Å². The summed E-state index contributed by atoms with van der Waals surface area (Å²) in [5.74, 6) is 0.124. The minimum atomic E-state index is -0.258. The van der Waals surface area contributed by atoms with Gasteiger partial charge in [0.2, 0.25) is 0 Å². The number of hydrogen-bond acceptors (Lipinski definition) is 3. The predicted octanol–water partition coefficient (Wildman–Crippen LogP) is 1.74. The Morgan fingerprint density at radius 2 is 2.14 bits per heavy atom. The van der Waals surface area contributed by atoms with E-state index < -0.39 is 0 Å². The molecule has 72 valence electrons. The molecule has 1 aliphatic rings. The van der Waals surface area contributed by atoms with Crippen molar-refractivity contribution < 1.29 is 14.3 Å². The highest BCUT2D eigenvalue weighted by Crippen LogP contribution is 2.29. The van der Waals surface area contributed by atoms with Gasteiger partial charge in [-0.2, -0.15) is 0 Å². The molecule has 0 spiro atoms. The lowest BCUT2D eigenvalue weighted by Crippen LogP contribution is -2.17. The molecule has 0 saturated carbocycles. The minimum absolute atomic E-state index is 0.0726. The molecule has 1 aromatic rings. The first-order valence-electron chi connectivity index (χ1n) is 4.52. The Morgan fingerprint density at radius 3 is 2.86 bits per heavy atom. The van der Waals surface area contributed by atoms with Gasteiger partial charge in [0.05, 0.1) is 12.0 Å². The van der Waals surface area contributed by atoms with Crippen LogP contribution in [0.3, 0.4) is 0 Å². The van der Waals surface area contributed by atoms with Crippen LogP contribution in [0.15, 0.2) is 18.2 Å². The zero-order chi connectivity index (χ0) is 10.1. The SMILES string of the molecule is CC(=O)c1cccc2c1OC(=O)CC2. The average Bonchev–Trinajstić information content (AvgIpc) is 2.16. The quantitative estimate of drug-likeness (QED) is 0.385. The van der Waals surface area contributed by atoms with E-state index in [9.17, 15) is 9.59 Å². The van der Waals surface area contributed by atoms with Crippen molar-refractivity contribution in [2.45, 2.75) is 19.8 Å². The van der Waals surface area contributed by atoms with Gasteiger partial charge in [0.1, 0.15) is 5.75 Å². The molecule has 0 unspecified atom stereocenters. The Morgan fingerprint density at radius 1 is 1.36 bits per heavy atom. The van der Waals surface area contributed by atoms with Crippen LogP contribution in [0.2, 0.25) is 0 Å². The van der Waals surface area contributed by atoms with Crippen molar-refractivity contribution in [1.82, 2.24) is 0 Å². The van der Waals surface area contributed by atoms with Gasteiger partial charge in [0.15, 0.2) is 5.78 Å². The van der Waals surface area contributed by atoms with Crippen LogP contribution in [0.5, 0.6) is 5.75 Å². The third-order valence-electron chi connectivity index (χ3n) is 2.29. The summed E-state index contributed by atoms with van der Waals surface area (Å²) in [7, 11) is 0. The normalized spacial score (nSPS) is 14.5. The molecule has 0 N–H and O–H groups in total. The largest absolute Gasteiger partial charge is 0.425 e. The van der Waals surface area contributed by atoms with Crippen LogP contribution >= 0.6 is 0 Å². The molecule has 0 fully saturated rings. The number of carbonyl (C=O) groups is 2. The molecule has 0 atom stereocenters. The van der Waals surface area contributed by atoms with Crippen molar-refractivity contribution in [3.63, 3.8) is 0 Å². The molecule has 0 saturated heterocycles. The molecular weight excluding hydrogens is 180 g/mol. The van der Waals surface area contributed by atoms with Crippen molar-refractivity contribution in [2.24, 2.45) is 0 Å². The van der Waals surface area contributed by atoms with Crippen molar-refractivity contribution in [3.05, 3.63) is 29.3 Å². The smallest absolute Gasteiger partial charge is 0.311 e. The second-order valence-corrected chi connectivity index (χ2v) is 3.32. The number of hydrogen-bond donors (Lipinski definition) is 0. The summed E-state index contributed by atoms with van der Waals surface area (Å²) in [4.78, 5) is 22.3. The number of ketones is 1. The van der Waals surface area contributed by atoms with Crippen LogP contribution in [-0.4, -0.2) is 11.8 Å². The fourth-order valence-electron chi connectivity index (χ4n) is 1.58. The van der Waals surface area contributed by atoms with Crippen molar-refractivity contribution in [2.75, 3.05) is 0 Å². The highest BCUT2D eigenvalue weighted by molar-refractivity contribution is 5.98. The first-order valence-corrected chi connectivity index (χ1v) is 4.52. The van der Waals surface area contributed by atoms with Gasteiger partial charge in [-0.15, -0.1) is 0 Å². The molecule has 0 bridgehead atoms. The summed E-state index contributed by atoms with van der Waals surface area (Å²) in [5.41, 5.74) is 1.44. The fraction of sp³-hybridized carbons (Fsp3) is 0.273. The van der Waals surface area contributed by atoms with Gasteiger partial charge in [0, 0.05) is 0 Å². The van der Waals surface area contributed by atoms with Crippen LogP contribution in [-0.2, 0) is 11.2 Å². The predicted molar refractivity (Wildman–Crippen MR) is 50.4 cm³/mol. The van der Waals surface area contributed by atoms with E-state index in [1.165, 1.54) is 6.92 Å². The van der Waals surface area contributed by atoms with E-state index in [2.05, 4.69) is 0 Å². The Kier molecular flexibility index (Phi) is 2.08. The van der Waals surface area contributed by atoms with E-state index >= 15 is 0 Å². The first-order chi connectivity index (χ1) is 6.68. The Bertz CT molecular complexity index is 407. The summed E-state index contributed by atoms with van der Waals surface area (Å²) in [6.45, 7) is 1.47. The molecule has 14 heavy (non-hydrogen) atoms. The van der Waals surface area contributed by atoms with Crippen LogP contribution < -0.4 is 4.74 Å². The van der Waals surface area contributed by atoms with Crippen LogP contribution in [0.25, 0.3) is 0 Å². The van der Waals surface area contributed by atoms with Gasteiger partial charge in [-0.25, -0.2) is 0 Å². The van der Waals surface area contributed by atoms with Gasteiger partial charge in [-0.05, 0) is 25.0 Å². The second-order valence-electron chi connectivity index (χ2n) is 3.32. The standard InChI is InChI=1S/C11H10O3/c1-7(12)9-4-2-3-8-5-6-10(13)14-11(8)9/h2-4H,5-6H2,1H3. The Hall–Kier alpha value is -1.64. The van der Waals surface area contributed by atoms with E-state index in [-0.39, 0.29) is 11.8 Å². The number of ether oxygens (including phenoxy) is 1. The van der Waals surface area contributed by atoms with Gasteiger partial charge >= 0.3 is 5.97 Å². The lowest BCUT2D eigenvalue weighted by Gasteiger charge is -2.17. The zero-order valence-electron chi connectivity index (χ0n) is 7.87. The van der Waals surface area contributed by atoms with E-state index in [1.807, 2.05) is 12.1 Å². The lowest BCUT2D eigenvalue weighted by atomic mass is 10.0. The van der Waals surface area contributed by atoms with Crippen LogP contribution in [0.1, 0.15) is 29.3 Å². The number of rotatable bonds is 1. The molecule has 2 rings (SSSR count). The van der Waals surface area contributed by atoms with Crippen molar-refractivity contribution in [1.29, 1.82) is 0 Å². The third-order valence-corrected chi connectivity index (χ3v) is 2.29. The zero-order valence-corrected chi connectivity index (χ0v) is 7.87. The number of para-hydroxylation sites is 1.